The number of nitrogens with two attached hydrogens (primary N) is 1. The zero-order valence-electron chi connectivity index (χ0n) is 13.0. The molecule has 0 saturated heterocycles. The standard InChI is InChI=1S/C18H17NO5/c1-2-23-18(22)16-15(10-4-3-5-11(20)8-10)13-7-6-12(21)9-14(13)24-17(16)19/h3-9,15,20-21H,2,19H2,1H3. The van der Waals surface area contributed by atoms with Gasteiger partial charge in [0.1, 0.15) is 22.8 Å². The zero-order valence-corrected chi connectivity index (χ0v) is 13.0. The van der Waals surface area contributed by atoms with Crippen LogP contribution >= 0.6 is 0 Å². The summed E-state index contributed by atoms with van der Waals surface area (Å²) in [5.74, 6) is -0.784. The van der Waals surface area contributed by atoms with Crippen molar-refractivity contribution in [1.29, 1.82) is 0 Å². The molecule has 3 rings (SSSR count). The van der Waals surface area contributed by atoms with Crippen molar-refractivity contribution < 1.29 is 24.5 Å². The van der Waals surface area contributed by atoms with E-state index in [1.165, 1.54) is 18.2 Å². The molecule has 6 nitrogen and oxygen atoms in total. The van der Waals surface area contributed by atoms with E-state index < -0.39 is 11.9 Å². The number of hydrogen-bond donors (Lipinski definition) is 3. The molecule has 4 N–H and O–H groups in total. The lowest BCUT2D eigenvalue weighted by Crippen LogP contribution is -2.27. The number of aromatic hydroxyl groups is 2. The Morgan fingerprint density at radius 1 is 1.21 bits per heavy atom. The maximum atomic E-state index is 12.4. The third-order valence-corrected chi connectivity index (χ3v) is 3.78. The monoisotopic (exact) mass is 327 g/mol. The van der Waals surface area contributed by atoms with Gasteiger partial charge < -0.3 is 25.4 Å². The highest BCUT2D eigenvalue weighted by molar-refractivity contribution is 5.92. The normalized spacial score (nSPS) is 16.3. The van der Waals surface area contributed by atoms with Crippen molar-refractivity contribution in [2.75, 3.05) is 6.61 Å². The van der Waals surface area contributed by atoms with Gasteiger partial charge in [-0.3, -0.25) is 0 Å². The van der Waals surface area contributed by atoms with E-state index in [1.807, 2.05) is 0 Å². The molecule has 6 heteroatoms. The predicted octanol–water partition coefficient (Wildman–Crippen LogP) is 2.36. The highest BCUT2D eigenvalue weighted by Crippen LogP contribution is 2.44. The molecule has 0 spiro atoms. The van der Waals surface area contributed by atoms with Crippen LogP contribution < -0.4 is 10.5 Å². The van der Waals surface area contributed by atoms with Crippen LogP contribution in [0, 0.1) is 0 Å². The summed E-state index contributed by atoms with van der Waals surface area (Å²) in [5, 5.41) is 19.5. The molecule has 1 aliphatic heterocycles. The Labute approximate surface area is 138 Å². The largest absolute Gasteiger partial charge is 0.508 e. The van der Waals surface area contributed by atoms with Crippen molar-refractivity contribution in [3.63, 3.8) is 0 Å². The summed E-state index contributed by atoms with van der Waals surface area (Å²) in [7, 11) is 0. The number of benzene rings is 2. The number of carbonyl (C=O) groups excluding carboxylic acids is 1. The number of carbonyl (C=O) groups is 1. The maximum Gasteiger partial charge on any atom is 0.340 e. The molecule has 0 radical (unpaired) electrons. The Morgan fingerprint density at radius 2 is 1.96 bits per heavy atom. The number of phenolic OH excluding ortho intramolecular Hbond substituents is 2. The highest BCUT2D eigenvalue weighted by Gasteiger charge is 2.35. The van der Waals surface area contributed by atoms with Gasteiger partial charge in [0.25, 0.3) is 0 Å². The third kappa shape index (κ3) is 2.74. The Bertz CT molecular complexity index is 828. The van der Waals surface area contributed by atoms with Crippen LogP contribution in [-0.4, -0.2) is 22.8 Å². The van der Waals surface area contributed by atoms with Gasteiger partial charge in [-0.2, -0.15) is 0 Å². The molecule has 0 aromatic heterocycles. The van der Waals surface area contributed by atoms with Crippen molar-refractivity contribution in [2.24, 2.45) is 5.73 Å². The van der Waals surface area contributed by atoms with E-state index in [2.05, 4.69) is 0 Å². The zero-order chi connectivity index (χ0) is 17.3. The maximum absolute atomic E-state index is 12.4. The molecule has 2 aromatic rings. The van der Waals surface area contributed by atoms with E-state index in [9.17, 15) is 15.0 Å². The van der Waals surface area contributed by atoms with Gasteiger partial charge in [-0.1, -0.05) is 18.2 Å². The van der Waals surface area contributed by atoms with Crippen LogP contribution in [0.25, 0.3) is 0 Å². The quantitative estimate of drug-likeness (QED) is 0.748. The van der Waals surface area contributed by atoms with Gasteiger partial charge in [0, 0.05) is 11.6 Å². The van der Waals surface area contributed by atoms with Crippen molar-refractivity contribution in [3.8, 4) is 17.2 Å². The molecular weight excluding hydrogens is 310 g/mol. The summed E-state index contributed by atoms with van der Waals surface area (Å²) in [6, 6.07) is 11.1. The lowest BCUT2D eigenvalue weighted by Gasteiger charge is -2.28. The summed E-state index contributed by atoms with van der Waals surface area (Å²) in [5.41, 5.74) is 7.43. The SMILES string of the molecule is CCOC(=O)C1=C(N)Oc2cc(O)ccc2C1c1cccc(O)c1. The molecule has 2 aromatic carbocycles. The Balaban J connectivity index is 2.20. The minimum Gasteiger partial charge on any atom is -0.508 e. The first-order valence-corrected chi connectivity index (χ1v) is 7.47. The van der Waals surface area contributed by atoms with Crippen LogP contribution in [0.3, 0.4) is 0 Å². The number of rotatable bonds is 3. The Hall–Kier alpha value is -3.15. The summed E-state index contributed by atoms with van der Waals surface area (Å²) in [4.78, 5) is 12.4. The molecule has 0 amide bonds. The van der Waals surface area contributed by atoms with Crippen LogP contribution in [-0.2, 0) is 9.53 Å². The molecule has 0 aliphatic carbocycles. The van der Waals surface area contributed by atoms with Crippen LogP contribution in [0.5, 0.6) is 17.2 Å². The molecule has 1 atom stereocenters. The topological polar surface area (TPSA) is 102 Å². The van der Waals surface area contributed by atoms with Gasteiger partial charge in [0.15, 0.2) is 0 Å². The molecule has 1 heterocycles. The van der Waals surface area contributed by atoms with Crippen LogP contribution in [0.1, 0.15) is 24.0 Å². The first-order chi connectivity index (χ1) is 11.5. The minimum atomic E-state index is -0.581. The molecule has 24 heavy (non-hydrogen) atoms. The van der Waals surface area contributed by atoms with E-state index in [0.29, 0.717) is 16.9 Å². The van der Waals surface area contributed by atoms with Crippen LogP contribution in [0.4, 0.5) is 0 Å². The fourth-order valence-corrected chi connectivity index (χ4v) is 2.80. The van der Waals surface area contributed by atoms with E-state index in [0.717, 1.165) is 0 Å². The molecule has 1 aliphatic rings. The number of esters is 1. The summed E-state index contributed by atoms with van der Waals surface area (Å²) in [6.07, 6.45) is 0. The molecule has 1 unspecified atom stereocenters. The summed E-state index contributed by atoms with van der Waals surface area (Å²) < 4.78 is 10.6. The minimum absolute atomic E-state index is 0.0239. The summed E-state index contributed by atoms with van der Waals surface area (Å²) in [6.45, 7) is 1.90. The smallest absolute Gasteiger partial charge is 0.340 e. The van der Waals surface area contributed by atoms with Gasteiger partial charge in [-0.15, -0.1) is 0 Å². The van der Waals surface area contributed by atoms with Crippen molar-refractivity contribution in [2.45, 2.75) is 12.8 Å². The van der Waals surface area contributed by atoms with E-state index in [4.69, 9.17) is 15.2 Å². The second kappa shape index (κ2) is 6.16. The fourth-order valence-electron chi connectivity index (χ4n) is 2.80. The van der Waals surface area contributed by atoms with Crippen molar-refractivity contribution >= 4 is 5.97 Å². The average molecular weight is 327 g/mol. The molecule has 0 bridgehead atoms. The van der Waals surface area contributed by atoms with Crippen LogP contribution in [0.2, 0.25) is 0 Å². The number of phenols is 2. The second-order valence-corrected chi connectivity index (χ2v) is 5.35. The number of hydrogen-bond acceptors (Lipinski definition) is 6. The highest BCUT2D eigenvalue weighted by atomic mass is 16.5. The Morgan fingerprint density at radius 3 is 2.67 bits per heavy atom. The Kier molecular flexibility index (Phi) is 4.04. The predicted molar refractivity (Wildman–Crippen MR) is 86.5 cm³/mol. The first-order valence-electron chi connectivity index (χ1n) is 7.47. The van der Waals surface area contributed by atoms with E-state index in [-0.39, 0.29) is 29.6 Å². The molecular formula is C18H17NO5. The fraction of sp³-hybridized carbons (Fsp3) is 0.167. The van der Waals surface area contributed by atoms with Crippen LogP contribution in [0.15, 0.2) is 53.9 Å². The summed E-state index contributed by atoms with van der Waals surface area (Å²) >= 11 is 0. The third-order valence-electron chi connectivity index (χ3n) is 3.78. The van der Waals surface area contributed by atoms with Crippen molar-refractivity contribution in [3.05, 3.63) is 65.0 Å². The van der Waals surface area contributed by atoms with E-state index in [1.54, 1.807) is 31.2 Å². The van der Waals surface area contributed by atoms with E-state index >= 15 is 0 Å². The number of fused-ring (bicyclic) bond motifs is 1. The molecule has 0 fully saturated rings. The van der Waals surface area contributed by atoms with Gasteiger partial charge in [0.2, 0.25) is 5.88 Å². The number of ether oxygens (including phenoxy) is 2. The second-order valence-electron chi connectivity index (χ2n) is 5.35. The van der Waals surface area contributed by atoms with Gasteiger partial charge in [0.05, 0.1) is 12.5 Å². The van der Waals surface area contributed by atoms with Gasteiger partial charge >= 0.3 is 5.97 Å². The first kappa shape index (κ1) is 15.7. The molecule has 0 saturated carbocycles. The lowest BCUT2D eigenvalue weighted by atomic mass is 9.83. The van der Waals surface area contributed by atoms with Crippen molar-refractivity contribution in [1.82, 2.24) is 0 Å². The van der Waals surface area contributed by atoms with Gasteiger partial charge in [-0.25, -0.2) is 4.79 Å². The lowest BCUT2D eigenvalue weighted by molar-refractivity contribution is -0.139. The molecule has 124 valence electrons. The average Bonchev–Trinajstić information content (AvgIpc) is 2.53. The van der Waals surface area contributed by atoms with Gasteiger partial charge in [-0.05, 0) is 30.7 Å².